The summed E-state index contributed by atoms with van der Waals surface area (Å²) < 4.78 is 89.2. The predicted octanol–water partition coefficient (Wildman–Crippen LogP) is 3.43. The fraction of sp³-hybridized carbons (Fsp3) is 0.333. The van der Waals surface area contributed by atoms with Gasteiger partial charge in [0.25, 0.3) is 5.69 Å². The number of benzene rings is 1. The molecular weight excluding hydrogens is 472 g/mol. The lowest BCUT2D eigenvalue weighted by atomic mass is 10.0. The number of pyridine rings is 1. The number of halogens is 6. The van der Waals surface area contributed by atoms with Crippen molar-refractivity contribution >= 4 is 17.6 Å². The normalized spacial score (nSPS) is 11.6. The second-order valence-electron chi connectivity index (χ2n) is 6.96. The Hall–Kier alpha value is -3.82. The van der Waals surface area contributed by atoms with E-state index in [1.165, 1.54) is 26.0 Å². The van der Waals surface area contributed by atoms with Crippen molar-refractivity contribution in [1.82, 2.24) is 0 Å². The number of alkyl halides is 5. The Balaban J connectivity index is 2.66. The van der Waals surface area contributed by atoms with Gasteiger partial charge in [0.05, 0.1) is 30.3 Å². The molecule has 0 spiro atoms. The van der Waals surface area contributed by atoms with Crippen LogP contribution in [-0.4, -0.2) is 31.2 Å². The van der Waals surface area contributed by atoms with Crippen LogP contribution in [0.1, 0.15) is 29.4 Å². The maximum absolute atomic E-state index is 15.2. The number of carbonyl (C=O) groups excluding carboxylic acids is 2. The molecule has 0 N–H and O–H groups in total. The molecule has 1 aromatic heterocycles. The van der Waals surface area contributed by atoms with Crippen molar-refractivity contribution in [2.24, 2.45) is 0 Å². The van der Waals surface area contributed by atoms with Crippen LogP contribution in [0.25, 0.3) is 0 Å². The highest BCUT2D eigenvalue weighted by molar-refractivity contribution is 5.97. The average Bonchev–Trinajstić information content (AvgIpc) is 2.74. The summed E-state index contributed by atoms with van der Waals surface area (Å²) in [6.45, 7) is 0.416. The zero-order valence-electron chi connectivity index (χ0n) is 17.8. The number of hydrogen-bond donors (Lipinski definition) is 0. The molecule has 0 atom stereocenters. The Bertz CT molecular complexity index is 1140. The molecule has 1 heterocycles. The first-order valence-electron chi connectivity index (χ1n) is 9.57. The molecule has 0 bridgehead atoms. The lowest BCUT2D eigenvalue weighted by molar-refractivity contribution is -0.630. The number of aryl methyl sites for hydroxylation is 1. The summed E-state index contributed by atoms with van der Waals surface area (Å²) in [5.41, 5.74) is -3.95. The number of hydrogen-bond acceptors (Lipinski definition) is 5. The summed E-state index contributed by atoms with van der Waals surface area (Å²) in [6, 6.07) is 5.72. The maximum atomic E-state index is 15.2. The highest BCUT2D eigenvalue weighted by Crippen LogP contribution is 2.34. The molecule has 2 rings (SSSR count). The van der Waals surface area contributed by atoms with Crippen molar-refractivity contribution in [2.75, 3.05) is 18.1 Å². The van der Waals surface area contributed by atoms with E-state index in [9.17, 15) is 36.7 Å². The maximum Gasteiger partial charge on any atom is 0.471 e. The summed E-state index contributed by atoms with van der Waals surface area (Å²) in [5.74, 6) is -9.90. The monoisotopic (exact) mass is 489 g/mol. The molecule has 0 fully saturated rings. The minimum Gasteiger partial charge on any atom is -0.618 e. The van der Waals surface area contributed by atoms with E-state index in [0.717, 1.165) is 12.1 Å². The van der Waals surface area contributed by atoms with E-state index in [1.807, 2.05) is 0 Å². The second-order valence-corrected chi connectivity index (χ2v) is 6.96. The number of carbonyl (C=O) groups is 2. The summed E-state index contributed by atoms with van der Waals surface area (Å²) in [7, 11) is 0. The summed E-state index contributed by atoms with van der Waals surface area (Å²) in [5, 5.41) is 21.2. The Morgan fingerprint density at radius 1 is 1.18 bits per heavy atom. The zero-order chi connectivity index (χ0) is 25.8. The van der Waals surface area contributed by atoms with Gasteiger partial charge in [-0.05, 0) is 25.1 Å². The van der Waals surface area contributed by atoms with Gasteiger partial charge in [-0.25, -0.2) is 4.39 Å². The van der Waals surface area contributed by atoms with Crippen molar-refractivity contribution in [1.29, 1.82) is 5.26 Å². The van der Waals surface area contributed by atoms with Gasteiger partial charge in [0.2, 0.25) is 0 Å². The van der Waals surface area contributed by atoms with Crippen LogP contribution in [-0.2, 0) is 26.7 Å². The van der Waals surface area contributed by atoms with Gasteiger partial charge in [-0.15, -0.1) is 0 Å². The minimum absolute atomic E-state index is 0.126. The van der Waals surface area contributed by atoms with Gasteiger partial charge in [0.15, 0.2) is 11.5 Å². The van der Waals surface area contributed by atoms with Crippen molar-refractivity contribution in [3.63, 3.8) is 0 Å². The largest absolute Gasteiger partial charge is 0.618 e. The minimum atomic E-state index is -5.70. The average molecular weight is 489 g/mol. The highest BCUT2D eigenvalue weighted by Gasteiger charge is 2.50. The first kappa shape index (κ1) is 26.4. The number of anilines is 1. The van der Waals surface area contributed by atoms with Crippen LogP contribution in [0.2, 0.25) is 0 Å². The molecule has 1 aromatic carbocycles. The third kappa shape index (κ3) is 5.56. The molecule has 0 aliphatic carbocycles. The van der Waals surface area contributed by atoms with Crippen LogP contribution >= 0.6 is 0 Å². The summed E-state index contributed by atoms with van der Waals surface area (Å²) in [6.07, 6.45) is -6.60. The zero-order valence-corrected chi connectivity index (χ0v) is 17.8. The van der Waals surface area contributed by atoms with Crippen LogP contribution in [0.5, 0.6) is 0 Å². The van der Waals surface area contributed by atoms with Gasteiger partial charge in [-0.3, -0.25) is 14.5 Å². The lowest BCUT2D eigenvalue weighted by Crippen LogP contribution is -2.50. The van der Waals surface area contributed by atoms with Gasteiger partial charge in [0.1, 0.15) is 6.54 Å². The Labute approximate surface area is 189 Å². The predicted molar refractivity (Wildman–Crippen MR) is 104 cm³/mol. The van der Waals surface area contributed by atoms with Crippen molar-refractivity contribution < 1.29 is 45.4 Å². The quantitative estimate of drug-likeness (QED) is 0.257. The molecule has 0 saturated heterocycles. The number of nitrogens with zero attached hydrogens (tertiary/aromatic N) is 3. The van der Waals surface area contributed by atoms with Gasteiger partial charge >= 0.3 is 24.0 Å². The van der Waals surface area contributed by atoms with Crippen molar-refractivity contribution in [3.8, 4) is 6.07 Å². The fourth-order valence-electron chi connectivity index (χ4n) is 3.02. The Morgan fingerprint density at radius 2 is 1.82 bits per heavy atom. The number of amides is 1. The number of aromatic nitrogens is 1. The molecule has 182 valence electrons. The molecule has 1 amide bonds. The van der Waals surface area contributed by atoms with E-state index in [-0.39, 0.29) is 17.0 Å². The molecule has 0 radical (unpaired) electrons. The molecule has 0 saturated carbocycles. The Morgan fingerprint density at radius 3 is 2.38 bits per heavy atom. The SMILES string of the molecule is CCOC(=O)Cc1c(C#N)ccc(N(CC(F)(F)c2cccc(C)[n+]2[O-])C(=O)C(F)(F)F)c1F. The van der Waals surface area contributed by atoms with E-state index in [2.05, 4.69) is 4.74 Å². The van der Waals surface area contributed by atoms with E-state index < -0.39 is 70.2 Å². The van der Waals surface area contributed by atoms with Crippen LogP contribution in [0.15, 0.2) is 30.3 Å². The smallest absolute Gasteiger partial charge is 0.471 e. The number of esters is 1. The lowest BCUT2D eigenvalue weighted by Gasteiger charge is -2.28. The van der Waals surface area contributed by atoms with Crippen molar-refractivity contribution in [2.45, 2.75) is 32.4 Å². The van der Waals surface area contributed by atoms with Crippen LogP contribution in [0.4, 0.5) is 32.0 Å². The van der Waals surface area contributed by atoms with Gasteiger partial charge in [0, 0.05) is 24.6 Å². The van der Waals surface area contributed by atoms with Gasteiger partial charge < -0.3 is 9.94 Å². The van der Waals surface area contributed by atoms with E-state index >= 15 is 4.39 Å². The third-order valence-electron chi connectivity index (χ3n) is 4.61. The number of nitriles is 1. The molecule has 34 heavy (non-hydrogen) atoms. The molecule has 2 aromatic rings. The molecule has 0 unspecified atom stereocenters. The van der Waals surface area contributed by atoms with Crippen LogP contribution in [0, 0.1) is 29.3 Å². The molecular formula is C21H17F6N3O4. The molecule has 0 aliphatic heterocycles. The first-order valence-corrected chi connectivity index (χ1v) is 9.57. The number of ether oxygens (including phenoxy) is 1. The van der Waals surface area contributed by atoms with Gasteiger partial charge in [-0.1, -0.05) is 0 Å². The second kappa shape index (κ2) is 9.98. The molecule has 13 heteroatoms. The first-order chi connectivity index (χ1) is 15.7. The topological polar surface area (TPSA) is 97.3 Å². The highest BCUT2D eigenvalue weighted by atomic mass is 19.4. The van der Waals surface area contributed by atoms with Crippen LogP contribution in [0.3, 0.4) is 0 Å². The van der Waals surface area contributed by atoms with E-state index in [4.69, 9.17) is 5.26 Å². The Kier molecular flexibility index (Phi) is 7.76. The number of rotatable bonds is 7. The fourth-order valence-corrected chi connectivity index (χ4v) is 3.02. The van der Waals surface area contributed by atoms with Crippen LogP contribution < -0.4 is 9.63 Å². The van der Waals surface area contributed by atoms with Gasteiger partial charge in [-0.2, -0.15) is 31.9 Å². The molecule has 0 aliphatic rings. The molecule has 7 nitrogen and oxygen atoms in total. The summed E-state index contributed by atoms with van der Waals surface area (Å²) >= 11 is 0. The van der Waals surface area contributed by atoms with E-state index in [0.29, 0.717) is 12.1 Å². The van der Waals surface area contributed by atoms with E-state index in [1.54, 1.807) is 0 Å². The standard InChI is InChI=1S/C21H17F6N3O4/c1-3-34-17(31)9-14-13(10-28)7-8-15(18(14)22)29(19(32)21(25,26)27)11-20(23,24)16-6-4-5-12(2)30(16)33/h4-8H,3,9,11H2,1-2H3. The van der Waals surface area contributed by atoms with Crippen molar-refractivity contribution in [3.05, 3.63) is 63.9 Å². The summed E-state index contributed by atoms with van der Waals surface area (Å²) in [4.78, 5) is 23.2. The third-order valence-corrected chi connectivity index (χ3v) is 4.61.